The number of fused-ring (bicyclic) bond motifs is 1. The number of ether oxygens (including phenoxy) is 2. The van der Waals surface area contributed by atoms with Gasteiger partial charge in [-0.1, -0.05) is 48.0 Å². The molecule has 0 fully saturated rings. The van der Waals surface area contributed by atoms with Crippen LogP contribution in [0.4, 0.5) is 0 Å². The topological polar surface area (TPSA) is 97.4 Å². The zero-order valence-corrected chi connectivity index (χ0v) is 19.3. The van der Waals surface area contributed by atoms with E-state index < -0.39 is 23.8 Å². The number of hydrogen-bond acceptors (Lipinski definition) is 6. The molecule has 0 radical (unpaired) electrons. The lowest BCUT2D eigenvalue weighted by molar-refractivity contribution is -0.145. The normalized spacial score (nSPS) is 11.0. The van der Waals surface area contributed by atoms with Crippen molar-refractivity contribution in [3.05, 3.63) is 92.3 Å². The number of aryl methyl sites for hydroxylation is 1. The predicted molar refractivity (Wildman–Crippen MR) is 127 cm³/mol. The van der Waals surface area contributed by atoms with Gasteiger partial charge in [0.05, 0.1) is 12.9 Å². The molecule has 0 unspecified atom stereocenters. The Morgan fingerprint density at radius 1 is 1.03 bits per heavy atom. The number of halogens is 1. The molecule has 10 heteroatoms. The Kier molecular flexibility index (Phi) is 7.12. The second kappa shape index (κ2) is 10.4. The molecule has 0 saturated carbocycles. The zero-order valence-electron chi connectivity index (χ0n) is 18.5. The Morgan fingerprint density at radius 2 is 1.82 bits per heavy atom. The number of aromatic nitrogens is 4. The van der Waals surface area contributed by atoms with Crippen LogP contribution in [0.25, 0.3) is 11.2 Å². The fourth-order valence-corrected chi connectivity index (χ4v) is 3.75. The standard InChI is InChI=1S/C24H23ClN4O5/c1-2-27-16-26-22-21(27)23(31)29(24(32)28(22)14-17-7-4-3-5-8-17)15-20(30)34-12-11-33-19-10-6-9-18(25)13-19/h3-10,13,16H,2,11-12,14-15H2,1H3. The van der Waals surface area contributed by atoms with Crippen LogP contribution in [0.15, 0.2) is 70.5 Å². The second-order valence-corrected chi connectivity index (χ2v) is 7.91. The van der Waals surface area contributed by atoms with Crippen molar-refractivity contribution < 1.29 is 14.3 Å². The van der Waals surface area contributed by atoms with Gasteiger partial charge >= 0.3 is 11.7 Å². The summed E-state index contributed by atoms with van der Waals surface area (Å²) < 4.78 is 14.6. The van der Waals surface area contributed by atoms with Crippen LogP contribution in [0.2, 0.25) is 5.02 Å². The van der Waals surface area contributed by atoms with Crippen LogP contribution in [0.3, 0.4) is 0 Å². The third-order valence-corrected chi connectivity index (χ3v) is 5.44. The van der Waals surface area contributed by atoms with Crippen LogP contribution in [-0.4, -0.2) is 37.9 Å². The first-order valence-electron chi connectivity index (χ1n) is 10.7. The van der Waals surface area contributed by atoms with Crippen LogP contribution >= 0.6 is 11.6 Å². The summed E-state index contributed by atoms with van der Waals surface area (Å²) in [5.74, 6) is -0.177. The van der Waals surface area contributed by atoms with Crippen molar-refractivity contribution in [2.24, 2.45) is 0 Å². The van der Waals surface area contributed by atoms with Crippen molar-refractivity contribution in [2.45, 2.75) is 26.6 Å². The summed E-state index contributed by atoms with van der Waals surface area (Å²) >= 11 is 5.91. The van der Waals surface area contributed by atoms with E-state index >= 15 is 0 Å². The minimum absolute atomic E-state index is 0.0482. The fourth-order valence-electron chi connectivity index (χ4n) is 3.57. The number of nitrogens with zero attached hydrogens (tertiary/aromatic N) is 4. The Balaban J connectivity index is 1.54. The van der Waals surface area contributed by atoms with Gasteiger partial charge in [0, 0.05) is 11.6 Å². The first-order chi connectivity index (χ1) is 16.5. The van der Waals surface area contributed by atoms with E-state index in [2.05, 4.69) is 4.98 Å². The van der Waals surface area contributed by atoms with Crippen LogP contribution in [-0.2, 0) is 29.2 Å². The van der Waals surface area contributed by atoms with Gasteiger partial charge in [-0.2, -0.15) is 0 Å². The summed E-state index contributed by atoms with van der Waals surface area (Å²) in [4.78, 5) is 43.1. The van der Waals surface area contributed by atoms with Gasteiger partial charge in [-0.05, 0) is 30.7 Å². The molecule has 176 valence electrons. The molecule has 0 saturated heterocycles. The maximum absolute atomic E-state index is 13.2. The summed E-state index contributed by atoms with van der Waals surface area (Å²) in [6.45, 7) is 2.09. The van der Waals surface area contributed by atoms with Gasteiger partial charge in [0.15, 0.2) is 11.2 Å². The van der Waals surface area contributed by atoms with Crippen molar-refractivity contribution >= 4 is 28.7 Å². The third kappa shape index (κ3) is 5.04. The minimum atomic E-state index is -0.720. The number of rotatable bonds is 9. The van der Waals surface area contributed by atoms with Gasteiger partial charge in [0.25, 0.3) is 5.56 Å². The lowest BCUT2D eigenvalue weighted by atomic mass is 10.2. The summed E-state index contributed by atoms with van der Waals surface area (Å²) in [6, 6.07) is 16.2. The van der Waals surface area contributed by atoms with E-state index in [1.807, 2.05) is 37.3 Å². The molecule has 2 aromatic heterocycles. The van der Waals surface area contributed by atoms with E-state index in [4.69, 9.17) is 21.1 Å². The highest BCUT2D eigenvalue weighted by molar-refractivity contribution is 6.30. The van der Waals surface area contributed by atoms with Gasteiger partial charge in [-0.25, -0.2) is 14.3 Å². The van der Waals surface area contributed by atoms with Crippen molar-refractivity contribution in [1.82, 2.24) is 18.7 Å². The molecule has 4 aromatic rings. The van der Waals surface area contributed by atoms with E-state index in [-0.39, 0.29) is 30.9 Å². The monoisotopic (exact) mass is 482 g/mol. The molecule has 0 aliphatic carbocycles. The van der Waals surface area contributed by atoms with Crippen LogP contribution in [0, 0.1) is 0 Å². The summed E-state index contributed by atoms with van der Waals surface area (Å²) in [5.41, 5.74) is 0.184. The molecule has 0 N–H and O–H groups in total. The molecule has 34 heavy (non-hydrogen) atoms. The number of carbonyl (C=O) groups excluding carboxylic acids is 1. The van der Waals surface area contributed by atoms with Crippen molar-refractivity contribution in [2.75, 3.05) is 13.2 Å². The van der Waals surface area contributed by atoms with Crippen molar-refractivity contribution in [3.8, 4) is 5.75 Å². The molecule has 4 rings (SSSR count). The van der Waals surface area contributed by atoms with Crippen LogP contribution < -0.4 is 16.0 Å². The molecular weight excluding hydrogens is 460 g/mol. The van der Waals surface area contributed by atoms with Crippen molar-refractivity contribution in [1.29, 1.82) is 0 Å². The smallest absolute Gasteiger partial charge is 0.333 e. The predicted octanol–water partition coefficient (Wildman–Crippen LogP) is 2.70. The SMILES string of the molecule is CCn1cnc2c1c(=O)n(CC(=O)OCCOc1cccc(Cl)c1)c(=O)n2Cc1ccccc1. The third-order valence-electron chi connectivity index (χ3n) is 5.21. The maximum atomic E-state index is 13.2. The molecule has 0 spiro atoms. The first kappa shape index (κ1) is 23.3. The molecule has 0 amide bonds. The second-order valence-electron chi connectivity index (χ2n) is 7.47. The van der Waals surface area contributed by atoms with E-state index in [1.54, 1.807) is 28.8 Å². The molecular formula is C24H23ClN4O5. The van der Waals surface area contributed by atoms with E-state index in [0.29, 0.717) is 17.3 Å². The van der Waals surface area contributed by atoms with Gasteiger partial charge in [0.1, 0.15) is 25.5 Å². The van der Waals surface area contributed by atoms with Crippen LogP contribution in [0.5, 0.6) is 5.75 Å². The number of hydrogen-bond donors (Lipinski definition) is 0. The van der Waals surface area contributed by atoms with Gasteiger partial charge in [-0.15, -0.1) is 0 Å². The highest BCUT2D eigenvalue weighted by atomic mass is 35.5. The molecule has 9 nitrogen and oxygen atoms in total. The molecule has 0 bridgehead atoms. The quantitative estimate of drug-likeness (QED) is 0.269. The lowest BCUT2D eigenvalue weighted by Crippen LogP contribution is -2.42. The van der Waals surface area contributed by atoms with E-state index in [9.17, 15) is 14.4 Å². The Morgan fingerprint density at radius 3 is 2.56 bits per heavy atom. The number of esters is 1. The Labute approximate surface area is 199 Å². The molecule has 2 aromatic carbocycles. The highest BCUT2D eigenvalue weighted by Crippen LogP contribution is 2.16. The van der Waals surface area contributed by atoms with Crippen molar-refractivity contribution in [3.63, 3.8) is 0 Å². The molecule has 0 aliphatic heterocycles. The largest absolute Gasteiger partial charge is 0.490 e. The van der Waals surface area contributed by atoms with E-state index in [1.165, 1.54) is 10.9 Å². The number of carbonyl (C=O) groups is 1. The van der Waals surface area contributed by atoms with Gasteiger partial charge in [0.2, 0.25) is 0 Å². The fraction of sp³-hybridized carbons (Fsp3) is 0.250. The summed E-state index contributed by atoms with van der Waals surface area (Å²) in [6.07, 6.45) is 1.52. The van der Waals surface area contributed by atoms with Crippen LogP contribution in [0.1, 0.15) is 12.5 Å². The average molecular weight is 483 g/mol. The molecule has 0 atom stereocenters. The lowest BCUT2D eigenvalue weighted by Gasteiger charge is -2.12. The van der Waals surface area contributed by atoms with Gasteiger partial charge in [-0.3, -0.25) is 14.2 Å². The first-order valence-corrected chi connectivity index (χ1v) is 11.1. The summed E-state index contributed by atoms with van der Waals surface area (Å²) in [7, 11) is 0. The van der Waals surface area contributed by atoms with E-state index in [0.717, 1.165) is 10.1 Å². The number of benzene rings is 2. The minimum Gasteiger partial charge on any atom is -0.490 e. The number of imidazole rings is 1. The Hall–Kier alpha value is -3.85. The Bertz CT molecular complexity index is 1430. The van der Waals surface area contributed by atoms with Gasteiger partial charge < -0.3 is 14.0 Å². The maximum Gasteiger partial charge on any atom is 0.333 e. The highest BCUT2D eigenvalue weighted by Gasteiger charge is 2.20. The summed E-state index contributed by atoms with van der Waals surface area (Å²) in [5, 5.41) is 0.530. The average Bonchev–Trinajstić information content (AvgIpc) is 3.27. The zero-order chi connectivity index (χ0) is 24.1. The molecule has 0 aliphatic rings. The molecule has 2 heterocycles.